The Balaban J connectivity index is 1.93. The number of benzene rings is 1. The molecule has 1 saturated heterocycles. The van der Waals surface area contributed by atoms with E-state index in [2.05, 4.69) is 10.6 Å². The van der Waals surface area contributed by atoms with Gasteiger partial charge in [-0.2, -0.15) is 0 Å². The number of hydrogen-bond acceptors (Lipinski definition) is 5. The van der Waals surface area contributed by atoms with E-state index in [-0.39, 0.29) is 30.1 Å². The Morgan fingerprint density at radius 3 is 2.62 bits per heavy atom. The van der Waals surface area contributed by atoms with Crippen LogP contribution in [0.1, 0.15) is 12.8 Å². The second-order valence-corrected chi connectivity index (χ2v) is 7.44. The zero-order valence-corrected chi connectivity index (χ0v) is 12.8. The average Bonchev–Trinajstić information content (AvgIpc) is 2.42. The highest BCUT2D eigenvalue weighted by Gasteiger charge is 2.23. The van der Waals surface area contributed by atoms with E-state index in [1.807, 2.05) is 18.2 Å². The molecule has 1 aliphatic heterocycles. The van der Waals surface area contributed by atoms with Gasteiger partial charge in [-0.1, -0.05) is 6.07 Å². The van der Waals surface area contributed by atoms with Crippen LogP contribution in [-0.4, -0.2) is 45.6 Å². The van der Waals surface area contributed by atoms with Gasteiger partial charge in [0.05, 0.1) is 11.5 Å². The summed E-state index contributed by atoms with van der Waals surface area (Å²) < 4.78 is 27.6. The van der Waals surface area contributed by atoms with Crippen molar-refractivity contribution in [1.29, 1.82) is 0 Å². The van der Waals surface area contributed by atoms with E-state index in [9.17, 15) is 13.2 Å². The van der Waals surface area contributed by atoms with Gasteiger partial charge in [-0.05, 0) is 31.0 Å². The molecule has 1 amide bonds. The van der Waals surface area contributed by atoms with Crippen LogP contribution in [0.4, 0.5) is 11.4 Å². The molecule has 2 rings (SSSR count). The number of carbonyl (C=O) groups excluding carboxylic acids is 1. The maximum atomic E-state index is 11.5. The summed E-state index contributed by atoms with van der Waals surface area (Å²) in [6.45, 7) is 0.0120. The minimum Gasteiger partial charge on any atom is -0.382 e. The molecule has 0 bridgehead atoms. The van der Waals surface area contributed by atoms with Crippen molar-refractivity contribution in [3.63, 3.8) is 0 Å². The van der Waals surface area contributed by atoms with E-state index >= 15 is 0 Å². The van der Waals surface area contributed by atoms with Crippen LogP contribution >= 0.6 is 0 Å². The highest BCUT2D eigenvalue weighted by molar-refractivity contribution is 7.91. The monoisotopic (exact) mass is 312 g/mol. The number of ether oxygens (including phenoxy) is 1. The van der Waals surface area contributed by atoms with Gasteiger partial charge in [0.1, 0.15) is 16.4 Å². The van der Waals surface area contributed by atoms with Crippen LogP contribution in [0.2, 0.25) is 0 Å². The normalized spacial score (nSPS) is 18.1. The molecular weight excluding hydrogens is 292 g/mol. The number of hydrogen-bond donors (Lipinski definition) is 2. The molecule has 6 nitrogen and oxygen atoms in total. The summed E-state index contributed by atoms with van der Waals surface area (Å²) in [5.74, 6) is 0.252. The van der Waals surface area contributed by atoms with Crippen LogP contribution in [0.5, 0.6) is 0 Å². The van der Waals surface area contributed by atoms with Crippen molar-refractivity contribution in [2.45, 2.75) is 18.9 Å². The highest BCUT2D eigenvalue weighted by Crippen LogP contribution is 2.20. The van der Waals surface area contributed by atoms with Gasteiger partial charge in [0.15, 0.2) is 0 Å². The van der Waals surface area contributed by atoms with Crippen molar-refractivity contribution in [3.05, 3.63) is 24.3 Å². The first-order chi connectivity index (χ1) is 9.98. The third kappa shape index (κ3) is 5.02. The van der Waals surface area contributed by atoms with Crippen molar-refractivity contribution in [2.75, 3.05) is 35.9 Å². The lowest BCUT2D eigenvalue weighted by Crippen LogP contribution is -2.32. The minimum atomic E-state index is -2.85. The summed E-state index contributed by atoms with van der Waals surface area (Å²) in [6, 6.07) is 7.51. The molecule has 1 aliphatic rings. The molecule has 1 aromatic rings. The molecule has 7 heteroatoms. The topological polar surface area (TPSA) is 84.5 Å². The van der Waals surface area contributed by atoms with Crippen molar-refractivity contribution in [3.8, 4) is 0 Å². The summed E-state index contributed by atoms with van der Waals surface area (Å²) in [5.41, 5.74) is 1.56. The number of methoxy groups -OCH3 is 1. The van der Waals surface area contributed by atoms with Gasteiger partial charge in [-0.3, -0.25) is 4.79 Å². The Morgan fingerprint density at radius 2 is 1.95 bits per heavy atom. The molecule has 0 unspecified atom stereocenters. The zero-order valence-electron chi connectivity index (χ0n) is 12.0. The average molecular weight is 312 g/mol. The molecule has 116 valence electrons. The first-order valence-electron chi connectivity index (χ1n) is 6.84. The number of nitrogens with one attached hydrogen (secondary N) is 2. The molecule has 0 atom stereocenters. The molecule has 1 aromatic carbocycles. The molecule has 2 N–H and O–H groups in total. The molecule has 0 aromatic heterocycles. The van der Waals surface area contributed by atoms with Crippen molar-refractivity contribution < 1.29 is 17.9 Å². The lowest BCUT2D eigenvalue weighted by Gasteiger charge is -2.24. The van der Waals surface area contributed by atoms with E-state index in [1.54, 1.807) is 6.07 Å². The second kappa shape index (κ2) is 6.91. The molecule has 0 aliphatic carbocycles. The Hall–Kier alpha value is -1.60. The summed E-state index contributed by atoms with van der Waals surface area (Å²) in [4.78, 5) is 11.5. The molecular formula is C14H20N2O4S. The maximum absolute atomic E-state index is 11.5. The third-order valence-corrected chi connectivity index (χ3v) is 5.06. The summed E-state index contributed by atoms with van der Waals surface area (Å²) in [6.07, 6.45) is 1.23. The Bertz CT molecular complexity index is 587. The Labute approximate surface area is 124 Å². The number of rotatable bonds is 5. The van der Waals surface area contributed by atoms with Crippen LogP contribution in [0.15, 0.2) is 24.3 Å². The fourth-order valence-electron chi connectivity index (χ4n) is 2.28. The van der Waals surface area contributed by atoms with E-state index in [0.29, 0.717) is 18.5 Å². The van der Waals surface area contributed by atoms with Crippen LogP contribution in [0.25, 0.3) is 0 Å². The van der Waals surface area contributed by atoms with Crippen molar-refractivity contribution in [2.24, 2.45) is 0 Å². The zero-order chi connectivity index (χ0) is 15.3. The van der Waals surface area contributed by atoms with E-state index in [4.69, 9.17) is 4.74 Å². The predicted molar refractivity (Wildman–Crippen MR) is 82.2 cm³/mol. The molecule has 1 heterocycles. The van der Waals surface area contributed by atoms with Crippen LogP contribution < -0.4 is 10.6 Å². The van der Waals surface area contributed by atoms with Gasteiger partial charge < -0.3 is 15.4 Å². The quantitative estimate of drug-likeness (QED) is 0.855. The molecule has 0 spiro atoms. The lowest BCUT2D eigenvalue weighted by atomic mass is 10.1. The Kier molecular flexibility index (Phi) is 5.19. The van der Waals surface area contributed by atoms with E-state index in [1.165, 1.54) is 7.11 Å². The molecule has 0 radical (unpaired) electrons. The molecule has 21 heavy (non-hydrogen) atoms. The predicted octanol–water partition coefficient (Wildman–Crippen LogP) is 1.26. The number of anilines is 2. The smallest absolute Gasteiger partial charge is 0.250 e. The molecule has 1 fully saturated rings. The van der Waals surface area contributed by atoms with E-state index < -0.39 is 9.84 Å². The van der Waals surface area contributed by atoms with Gasteiger partial charge in [-0.25, -0.2) is 8.42 Å². The second-order valence-electron chi connectivity index (χ2n) is 5.13. The minimum absolute atomic E-state index is 0.0120. The number of sulfone groups is 1. The van der Waals surface area contributed by atoms with Crippen LogP contribution in [-0.2, 0) is 19.4 Å². The van der Waals surface area contributed by atoms with E-state index in [0.717, 1.165) is 5.69 Å². The fraction of sp³-hybridized carbons (Fsp3) is 0.500. The third-order valence-electron chi connectivity index (χ3n) is 3.35. The summed E-state index contributed by atoms with van der Waals surface area (Å²) in [5, 5.41) is 6.05. The molecule has 0 saturated carbocycles. The summed E-state index contributed by atoms with van der Waals surface area (Å²) >= 11 is 0. The van der Waals surface area contributed by atoms with Gasteiger partial charge in [0.2, 0.25) is 5.91 Å². The summed E-state index contributed by atoms with van der Waals surface area (Å²) in [7, 11) is -1.38. The first kappa shape index (κ1) is 15.8. The first-order valence-corrected chi connectivity index (χ1v) is 8.66. The SMILES string of the molecule is COCC(=O)Nc1cccc(NC2CCS(=O)(=O)CC2)c1. The van der Waals surface area contributed by atoms with Gasteiger partial charge >= 0.3 is 0 Å². The highest BCUT2D eigenvalue weighted by atomic mass is 32.2. The number of amides is 1. The lowest BCUT2D eigenvalue weighted by molar-refractivity contribution is -0.119. The van der Waals surface area contributed by atoms with Crippen LogP contribution in [0, 0.1) is 0 Å². The number of carbonyl (C=O) groups is 1. The standard InChI is InChI=1S/C14H20N2O4S/c1-20-10-14(17)16-13-4-2-3-12(9-13)15-11-5-7-21(18,19)8-6-11/h2-4,9,11,15H,5-8,10H2,1H3,(H,16,17). The van der Waals surface area contributed by atoms with Crippen LogP contribution in [0.3, 0.4) is 0 Å². The van der Waals surface area contributed by atoms with Gasteiger partial charge in [0, 0.05) is 24.5 Å². The maximum Gasteiger partial charge on any atom is 0.250 e. The fourth-order valence-corrected chi connectivity index (χ4v) is 3.78. The van der Waals surface area contributed by atoms with Gasteiger partial charge in [-0.15, -0.1) is 0 Å². The largest absolute Gasteiger partial charge is 0.382 e. The van der Waals surface area contributed by atoms with Gasteiger partial charge in [0.25, 0.3) is 0 Å². The van der Waals surface area contributed by atoms with Crippen molar-refractivity contribution in [1.82, 2.24) is 0 Å². The van der Waals surface area contributed by atoms with Crippen molar-refractivity contribution >= 4 is 27.1 Å². The Morgan fingerprint density at radius 1 is 1.29 bits per heavy atom.